The molecular weight excluding hydrogens is 330 g/mol. The van der Waals surface area contributed by atoms with E-state index >= 15 is 0 Å². The molecule has 0 heterocycles. The molecule has 5 nitrogen and oxygen atoms in total. The molecule has 26 heavy (non-hydrogen) atoms. The summed E-state index contributed by atoms with van der Waals surface area (Å²) in [6.07, 6.45) is 0.752. The third kappa shape index (κ3) is 4.00. The van der Waals surface area contributed by atoms with Gasteiger partial charge in [-0.1, -0.05) is 30.3 Å². The quantitative estimate of drug-likeness (QED) is 0.653. The Bertz CT molecular complexity index is 919. The molecule has 0 atom stereocenters. The van der Waals surface area contributed by atoms with Crippen molar-refractivity contribution in [1.29, 1.82) is 0 Å². The number of hydrogen-bond donors (Lipinski definition) is 1. The summed E-state index contributed by atoms with van der Waals surface area (Å²) < 4.78 is 10.9. The molecule has 3 aromatic rings. The highest BCUT2D eigenvalue weighted by molar-refractivity contribution is 6.01. The van der Waals surface area contributed by atoms with Gasteiger partial charge in [0, 0.05) is 5.69 Å². The predicted molar refractivity (Wildman–Crippen MR) is 101 cm³/mol. The molecule has 1 N–H and O–H groups in total. The van der Waals surface area contributed by atoms with E-state index in [4.69, 9.17) is 9.47 Å². The molecule has 0 fully saturated rings. The van der Waals surface area contributed by atoms with Crippen LogP contribution in [0, 0.1) is 0 Å². The molecule has 5 heteroatoms. The molecule has 0 aliphatic carbocycles. The Balaban J connectivity index is 1.66. The van der Waals surface area contributed by atoms with Gasteiger partial charge in [-0.05, 0) is 48.0 Å². The van der Waals surface area contributed by atoms with Gasteiger partial charge >= 0.3 is 0 Å². The van der Waals surface area contributed by atoms with Gasteiger partial charge in [0.25, 0.3) is 5.91 Å². The maximum absolute atomic E-state index is 12.1. The van der Waals surface area contributed by atoms with Crippen LogP contribution in [0.15, 0.2) is 60.7 Å². The average Bonchev–Trinajstić information content (AvgIpc) is 2.67. The molecule has 0 radical (unpaired) electrons. The Morgan fingerprint density at radius 1 is 1.00 bits per heavy atom. The van der Waals surface area contributed by atoms with E-state index < -0.39 is 0 Å². The van der Waals surface area contributed by atoms with E-state index in [9.17, 15) is 9.59 Å². The van der Waals surface area contributed by atoms with Crippen LogP contribution in [0.4, 0.5) is 5.69 Å². The van der Waals surface area contributed by atoms with E-state index in [0.717, 1.165) is 22.8 Å². The summed E-state index contributed by atoms with van der Waals surface area (Å²) >= 11 is 0. The van der Waals surface area contributed by atoms with E-state index in [2.05, 4.69) is 5.32 Å². The number of hydrogen-bond acceptors (Lipinski definition) is 4. The Morgan fingerprint density at radius 2 is 1.77 bits per heavy atom. The molecule has 0 aromatic heterocycles. The standard InChI is InChI=1S/C21H19NO4/c1-2-25-17-10-8-16(9-11-17)22-21(24)14-26-20-12-7-15-5-3-4-6-18(15)19(20)13-23/h3-13H,2,14H2,1H3,(H,22,24). The summed E-state index contributed by atoms with van der Waals surface area (Å²) in [4.78, 5) is 23.6. The van der Waals surface area contributed by atoms with E-state index in [0.29, 0.717) is 23.6 Å². The fraction of sp³-hybridized carbons (Fsp3) is 0.143. The van der Waals surface area contributed by atoms with Gasteiger partial charge in [-0.25, -0.2) is 0 Å². The summed E-state index contributed by atoms with van der Waals surface area (Å²) in [5, 5.41) is 4.49. The third-order valence-corrected chi connectivity index (χ3v) is 3.86. The molecule has 0 aliphatic heterocycles. The SMILES string of the molecule is CCOc1ccc(NC(=O)COc2ccc3ccccc3c2C=O)cc1. The second-order valence-corrected chi connectivity index (χ2v) is 5.61. The lowest BCUT2D eigenvalue weighted by molar-refractivity contribution is -0.118. The molecular formula is C21H19NO4. The van der Waals surface area contributed by atoms with Crippen LogP contribution in [-0.2, 0) is 4.79 Å². The van der Waals surface area contributed by atoms with Crippen molar-refractivity contribution < 1.29 is 19.1 Å². The van der Waals surface area contributed by atoms with Gasteiger partial charge in [-0.15, -0.1) is 0 Å². The van der Waals surface area contributed by atoms with E-state index in [1.807, 2.05) is 37.3 Å². The molecule has 3 rings (SSSR count). The second-order valence-electron chi connectivity index (χ2n) is 5.61. The minimum Gasteiger partial charge on any atom is -0.494 e. The van der Waals surface area contributed by atoms with Crippen molar-refractivity contribution in [3.8, 4) is 11.5 Å². The number of rotatable bonds is 7. The zero-order chi connectivity index (χ0) is 18.4. The van der Waals surface area contributed by atoms with E-state index in [-0.39, 0.29) is 12.5 Å². The van der Waals surface area contributed by atoms with Crippen molar-refractivity contribution in [2.75, 3.05) is 18.5 Å². The molecule has 0 saturated heterocycles. The van der Waals surface area contributed by atoms with Crippen molar-refractivity contribution in [3.05, 3.63) is 66.2 Å². The number of fused-ring (bicyclic) bond motifs is 1. The van der Waals surface area contributed by atoms with Gasteiger partial charge in [0.1, 0.15) is 11.5 Å². The van der Waals surface area contributed by atoms with Gasteiger partial charge < -0.3 is 14.8 Å². The number of nitrogens with one attached hydrogen (secondary N) is 1. The minimum atomic E-state index is -0.306. The topological polar surface area (TPSA) is 64.6 Å². The fourth-order valence-electron chi connectivity index (χ4n) is 2.66. The van der Waals surface area contributed by atoms with Gasteiger partial charge in [0.05, 0.1) is 12.2 Å². The molecule has 0 aliphatic rings. The van der Waals surface area contributed by atoms with E-state index in [1.54, 1.807) is 30.3 Å². The molecule has 0 spiro atoms. The first-order valence-electron chi connectivity index (χ1n) is 8.33. The molecule has 1 amide bonds. The normalized spacial score (nSPS) is 10.3. The Hall–Kier alpha value is -3.34. The number of carbonyl (C=O) groups is 2. The molecule has 0 saturated carbocycles. The number of anilines is 1. The van der Waals surface area contributed by atoms with Crippen molar-refractivity contribution in [2.45, 2.75) is 6.92 Å². The summed E-state index contributed by atoms with van der Waals surface area (Å²) in [5.41, 5.74) is 1.09. The first-order chi connectivity index (χ1) is 12.7. The number of aldehydes is 1. The number of carbonyl (C=O) groups excluding carboxylic acids is 2. The van der Waals surface area contributed by atoms with Crippen LogP contribution in [0.2, 0.25) is 0 Å². The van der Waals surface area contributed by atoms with Gasteiger partial charge in [-0.3, -0.25) is 9.59 Å². The zero-order valence-electron chi connectivity index (χ0n) is 14.4. The fourth-order valence-corrected chi connectivity index (χ4v) is 2.66. The lowest BCUT2D eigenvalue weighted by Crippen LogP contribution is -2.20. The third-order valence-electron chi connectivity index (χ3n) is 3.86. The van der Waals surface area contributed by atoms with Crippen LogP contribution < -0.4 is 14.8 Å². The monoisotopic (exact) mass is 349 g/mol. The van der Waals surface area contributed by atoms with E-state index in [1.165, 1.54) is 0 Å². The number of ether oxygens (including phenoxy) is 2. The summed E-state index contributed by atoms with van der Waals surface area (Å²) in [6, 6.07) is 18.2. The molecule has 0 bridgehead atoms. The summed E-state index contributed by atoms with van der Waals surface area (Å²) in [7, 11) is 0. The number of benzene rings is 3. The Kier molecular flexibility index (Phi) is 5.49. The van der Waals surface area contributed by atoms with Crippen LogP contribution in [0.3, 0.4) is 0 Å². The van der Waals surface area contributed by atoms with Crippen LogP contribution in [0.5, 0.6) is 11.5 Å². The zero-order valence-corrected chi connectivity index (χ0v) is 14.4. The van der Waals surface area contributed by atoms with Gasteiger partial charge in [0.15, 0.2) is 12.9 Å². The summed E-state index contributed by atoms with van der Waals surface area (Å²) in [6.45, 7) is 2.31. The van der Waals surface area contributed by atoms with Crippen LogP contribution in [0.25, 0.3) is 10.8 Å². The Labute approximate surface area is 151 Å². The smallest absolute Gasteiger partial charge is 0.262 e. The van der Waals surface area contributed by atoms with Crippen LogP contribution in [0.1, 0.15) is 17.3 Å². The number of amides is 1. The lowest BCUT2D eigenvalue weighted by atomic mass is 10.0. The van der Waals surface area contributed by atoms with Crippen molar-refractivity contribution in [3.63, 3.8) is 0 Å². The largest absolute Gasteiger partial charge is 0.494 e. The second kappa shape index (κ2) is 8.16. The lowest BCUT2D eigenvalue weighted by Gasteiger charge is -2.11. The first-order valence-corrected chi connectivity index (χ1v) is 8.33. The Morgan fingerprint density at radius 3 is 2.50 bits per heavy atom. The van der Waals surface area contributed by atoms with Gasteiger partial charge in [-0.2, -0.15) is 0 Å². The maximum atomic E-state index is 12.1. The highest BCUT2D eigenvalue weighted by Crippen LogP contribution is 2.26. The minimum absolute atomic E-state index is 0.188. The van der Waals surface area contributed by atoms with Crippen LogP contribution in [-0.4, -0.2) is 25.4 Å². The van der Waals surface area contributed by atoms with Gasteiger partial charge in [0.2, 0.25) is 0 Å². The molecule has 132 valence electrons. The molecule has 0 unspecified atom stereocenters. The maximum Gasteiger partial charge on any atom is 0.262 e. The van der Waals surface area contributed by atoms with Crippen molar-refractivity contribution in [2.24, 2.45) is 0 Å². The molecule has 3 aromatic carbocycles. The first kappa shape index (κ1) is 17.5. The summed E-state index contributed by atoms with van der Waals surface area (Å²) in [5.74, 6) is 0.827. The van der Waals surface area contributed by atoms with Crippen molar-refractivity contribution >= 4 is 28.7 Å². The average molecular weight is 349 g/mol. The predicted octanol–water partition coefficient (Wildman–Crippen LogP) is 4.07. The highest BCUT2D eigenvalue weighted by atomic mass is 16.5. The highest BCUT2D eigenvalue weighted by Gasteiger charge is 2.10. The van der Waals surface area contributed by atoms with Crippen LogP contribution >= 0.6 is 0 Å². The van der Waals surface area contributed by atoms with Crippen molar-refractivity contribution in [1.82, 2.24) is 0 Å².